The van der Waals surface area contributed by atoms with Gasteiger partial charge in [-0.1, -0.05) is 18.2 Å². The lowest BCUT2D eigenvalue weighted by atomic mass is 10.1. The van der Waals surface area contributed by atoms with E-state index in [9.17, 15) is 0 Å². The summed E-state index contributed by atoms with van der Waals surface area (Å²) in [6, 6.07) is 8.00. The predicted molar refractivity (Wildman–Crippen MR) is 115 cm³/mol. The third-order valence-electron chi connectivity index (χ3n) is 3.36. The van der Waals surface area contributed by atoms with Crippen molar-refractivity contribution in [3.05, 3.63) is 42.0 Å². The highest BCUT2D eigenvalue weighted by atomic mass is 127. The Morgan fingerprint density at radius 1 is 1.23 bits per heavy atom. The Labute approximate surface area is 172 Å². The molecular formula is C18H29IN6O. The molecule has 7 nitrogen and oxygen atoms in total. The molecule has 2 rings (SSSR count). The van der Waals surface area contributed by atoms with Crippen molar-refractivity contribution in [2.75, 3.05) is 6.54 Å². The number of aliphatic imine (C=N–C) groups is 1. The number of para-hydroxylation sites is 1. The molecule has 0 fully saturated rings. The molecule has 0 saturated carbocycles. The molecule has 0 saturated heterocycles. The zero-order valence-electron chi connectivity index (χ0n) is 16.1. The van der Waals surface area contributed by atoms with Gasteiger partial charge in [0.15, 0.2) is 5.96 Å². The second-order valence-corrected chi connectivity index (χ2v) is 6.67. The van der Waals surface area contributed by atoms with Crippen LogP contribution in [0.1, 0.15) is 39.1 Å². The number of rotatable bonds is 6. The summed E-state index contributed by atoms with van der Waals surface area (Å²) in [4.78, 5) is 8.87. The van der Waals surface area contributed by atoms with Crippen LogP contribution in [-0.4, -0.2) is 32.9 Å². The van der Waals surface area contributed by atoms with E-state index in [-0.39, 0.29) is 29.6 Å². The Kier molecular flexibility index (Phi) is 8.83. The van der Waals surface area contributed by atoms with Gasteiger partial charge in [0.1, 0.15) is 23.5 Å². The molecule has 2 aromatic rings. The Morgan fingerprint density at radius 3 is 2.58 bits per heavy atom. The number of hydrogen-bond donors (Lipinski definition) is 2. The summed E-state index contributed by atoms with van der Waals surface area (Å²) >= 11 is 0. The smallest absolute Gasteiger partial charge is 0.191 e. The minimum absolute atomic E-state index is 0. The van der Waals surface area contributed by atoms with Crippen LogP contribution in [0.15, 0.2) is 35.6 Å². The second kappa shape index (κ2) is 10.3. The van der Waals surface area contributed by atoms with Gasteiger partial charge in [-0.25, -0.2) is 9.98 Å². The lowest BCUT2D eigenvalue weighted by Crippen LogP contribution is -2.37. The molecule has 0 aliphatic heterocycles. The fraction of sp³-hybridized carbons (Fsp3) is 0.500. The van der Waals surface area contributed by atoms with E-state index in [1.807, 2.05) is 59.0 Å². The number of hydrogen-bond acceptors (Lipinski definition) is 4. The Morgan fingerprint density at radius 2 is 1.96 bits per heavy atom. The highest BCUT2D eigenvalue weighted by Crippen LogP contribution is 2.23. The van der Waals surface area contributed by atoms with Crippen LogP contribution in [0.25, 0.3) is 0 Å². The number of ether oxygens (including phenoxy) is 1. The number of nitrogens with zero attached hydrogens (tertiary/aromatic N) is 4. The molecule has 0 atom stereocenters. The fourth-order valence-electron chi connectivity index (χ4n) is 2.21. The van der Waals surface area contributed by atoms with Crippen molar-refractivity contribution >= 4 is 29.9 Å². The van der Waals surface area contributed by atoms with Crippen LogP contribution in [0.3, 0.4) is 0 Å². The van der Waals surface area contributed by atoms with Crippen molar-refractivity contribution in [3.63, 3.8) is 0 Å². The first kappa shape index (κ1) is 22.2. The van der Waals surface area contributed by atoms with Gasteiger partial charge < -0.3 is 15.4 Å². The predicted octanol–water partition coefficient (Wildman–Crippen LogP) is 2.87. The summed E-state index contributed by atoms with van der Waals surface area (Å²) in [6.07, 6.45) is 1.54. The van der Waals surface area contributed by atoms with E-state index in [1.165, 1.54) is 0 Å². The van der Waals surface area contributed by atoms with Gasteiger partial charge in [0.05, 0.1) is 13.1 Å². The number of aromatic nitrogens is 3. The monoisotopic (exact) mass is 472 g/mol. The molecule has 144 valence electrons. The van der Waals surface area contributed by atoms with E-state index in [2.05, 4.69) is 25.7 Å². The highest BCUT2D eigenvalue weighted by Gasteiger charge is 2.14. The van der Waals surface area contributed by atoms with Gasteiger partial charge in [0.2, 0.25) is 0 Å². The summed E-state index contributed by atoms with van der Waals surface area (Å²) in [5.74, 6) is 2.45. The minimum atomic E-state index is -0.242. The first-order valence-corrected chi connectivity index (χ1v) is 8.51. The van der Waals surface area contributed by atoms with E-state index in [0.29, 0.717) is 13.1 Å². The lowest BCUT2D eigenvalue weighted by Gasteiger charge is -2.23. The summed E-state index contributed by atoms with van der Waals surface area (Å²) in [6.45, 7) is 10.0. The SMILES string of the molecule is CCNC(=NCc1ccccc1OC(C)(C)C)NCc1ncnn1C.I. The third kappa shape index (κ3) is 7.19. The molecule has 8 heteroatoms. The molecule has 1 heterocycles. The summed E-state index contributed by atoms with van der Waals surface area (Å²) < 4.78 is 7.77. The zero-order valence-corrected chi connectivity index (χ0v) is 18.4. The van der Waals surface area contributed by atoms with Crippen molar-refractivity contribution < 1.29 is 4.74 Å². The van der Waals surface area contributed by atoms with Crippen LogP contribution < -0.4 is 15.4 Å². The quantitative estimate of drug-likeness (QED) is 0.384. The number of aryl methyl sites for hydroxylation is 1. The Hall–Kier alpha value is -1.84. The van der Waals surface area contributed by atoms with E-state index in [0.717, 1.165) is 29.6 Å². The van der Waals surface area contributed by atoms with Crippen molar-refractivity contribution in [3.8, 4) is 5.75 Å². The van der Waals surface area contributed by atoms with Crippen LogP contribution >= 0.6 is 24.0 Å². The van der Waals surface area contributed by atoms with Crippen molar-refractivity contribution in [2.24, 2.45) is 12.0 Å². The molecule has 26 heavy (non-hydrogen) atoms. The third-order valence-corrected chi connectivity index (χ3v) is 3.36. The van der Waals surface area contributed by atoms with Gasteiger partial charge in [-0.15, -0.1) is 24.0 Å². The molecule has 1 aromatic heterocycles. The standard InChI is InChI=1S/C18H28N6O.HI/c1-6-19-17(21-12-16-22-13-23-24(16)5)20-11-14-9-7-8-10-15(14)25-18(2,3)4;/h7-10,13H,6,11-12H2,1-5H3,(H2,19,20,21);1H. The lowest BCUT2D eigenvalue weighted by molar-refractivity contribution is 0.129. The molecule has 0 amide bonds. The molecule has 0 unspecified atom stereocenters. The van der Waals surface area contributed by atoms with Crippen LogP contribution in [0.2, 0.25) is 0 Å². The molecule has 1 aromatic carbocycles. The first-order valence-electron chi connectivity index (χ1n) is 8.51. The van der Waals surface area contributed by atoms with Gasteiger partial charge >= 0.3 is 0 Å². The number of guanidine groups is 1. The molecular weight excluding hydrogens is 443 g/mol. The average molecular weight is 472 g/mol. The number of benzene rings is 1. The molecule has 0 aliphatic rings. The van der Waals surface area contributed by atoms with Gasteiger partial charge in [0.25, 0.3) is 0 Å². The van der Waals surface area contributed by atoms with Crippen molar-refractivity contribution in [2.45, 2.75) is 46.4 Å². The van der Waals surface area contributed by atoms with Gasteiger partial charge in [-0.2, -0.15) is 5.10 Å². The maximum Gasteiger partial charge on any atom is 0.191 e. The van der Waals surface area contributed by atoms with Crippen LogP contribution in [0.5, 0.6) is 5.75 Å². The van der Waals surface area contributed by atoms with Crippen molar-refractivity contribution in [1.82, 2.24) is 25.4 Å². The molecule has 2 N–H and O–H groups in total. The minimum Gasteiger partial charge on any atom is -0.488 e. The van der Waals surface area contributed by atoms with Gasteiger partial charge in [-0.3, -0.25) is 4.68 Å². The zero-order chi connectivity index (χ0) is 18.3. The molecule has 0 radical (unpaired) electrons. The second-order valence-electron chi connectivity index (χ2n) is 6.67. The largest absolute Gasteiger partial charge is 0.488 e. The molecule has 0 bridgehead atoms. The van der Waals surface area contributed by atoms with Crippen molar-refractivity contribution in [1.29, 1.82) is 0 Å². The fourth-order valence-corrected chi connectivity index (χ4v) is 2.21. The topological polar surface area (TPSA) is 76.4 Å². The summed E-state index contributed by atoms with van der Waals surface area (Å²) in [5, 5.41) is 10.6. The molecule has 0 aliphatic carbocycles. The van der Waals surface area contributed by atoms with Gasteiger partial charge in [0, 0.05) is 19.2 Å². The van der Waals surface area contributed by atoms with E-state index >= 15 is 0 Å². The Bertz CT molecular complexity index is 708. The normalized spacial score (nSPS) is 11.7. The summed E-state index contributed by atoms with van der Waals surface area (Å²) in [7, 11) is 1.87. The average Bonchev–Trinajstić information content (AvgIpc) is 2.95. The van der Waals surface area contributed by atoms with E-state index in [4.69, 9.17) is 4.74 Å². The maximum absolute atomic E-state index is 6.03. The van der Waals surface area contributed by atoms with Crippen LogP contribution in [-0.2, 0) is 20.1 Å². The van der Waals surface area contributed by atoms with Crippen LogP contribution in [0, 0.1) is 0 Å². The van der Waals surface area contributed by atoms with Gasteiger partial charge in [-0.05, 0) is 33.8 Å². The van der Waals surface area contributed by atoms with E-state index < -0.39 is 0 Å². The van der Waals surface area contributed by atoms with E-state index in [1.54, 1.807) is 11.0 Å². The summed E-state index contributed by atoms with van der Waals surface area (Å²) in [5.41, 5.74) is 0.807. The first-order chi connectivity index (χ1) is 11.9. The number of halogens is 1. The van der Waals surface area contributed by atoms with Crippen LogP contribution in [0.4, 0.5) is 0 Å². The Balaban J connectivity index is 0.00000338. The number of nitrogens with one attached hydrogen (secondary N) is 2. The molecule has 0 spiro atoms. The highest BCUT2D eigenvalue weighted by molar-refractivity contribution is 14.0. The maximum atomic E-state index is 6.03.